The summed E-state index contributed by atoms with van der Waals surface area (Å²) in [6.45, 7) is 0. The van der Waals surface area contributed by atoms with Crippen LogP contribution in [0.15, 0.2) is 46.9 Å². The lowest BCUT2D eigenvalue weighted by molar-refractivity contribution is 0.618. The van der Waals surface area contributed by atoms with Crippen LogP contribution < -0.4 is 5.32 Å². The molecule has 0 aromatic heterocycles. The third kappa shape index (κ3) is 2.19. The van der Waals surface area contributed by atoms with Crippen molar-refractivity contribution in [3.63, 3.8) is 0 Å². The zero-order valence-corrected chi connectivity index (χ0v) is 12.2. The van der Waals surface area contributed by atoms with E-state index in [4.69, 9.17) is 0 Å². The standard InChI is InChI=1S/C16H12BrFN2/c17-12-1-4-14(5-2-12)20-16(10-19)8-7-11-9-13(18)3-6-15(11)16/h1-6,9,20H,7-8H2. The first-order valence-corrected chi connectivity index (χ1v) is 7.16. The Hall–Kier alpha value is -1.86. The molecule has 1 aliphatic rings. The van der Waals surface area contributed by atoms with E-state index in [1.54, 1.807) is 6.07 Å². The van der Waals surface area contributed by atoms with Gasteiger partial charge in [0, 0.05) is 10.2 Å². The van der Waals surface area contributed by atoms with E-state index in [0.29, 0.717) is 12.8 Å². The molecule has 0 heterocycles. The van der Waals surface area contributed by atoms with Gasteiger partial charge in [0.05, 0.1) is 6.07 Å². The highest BCUT2D eigenvalue weighted by atomic mass is 79.9. The smallest absolute Gasteiger partial charge is 0.151 e. The molecule has 2 aromatic rings. The van der Waals surface area contributed by atoms with Gasteiger partial charge in [-0.25, -0.2) is 4.39 Å². The van der Waals surface area contributed by atoms with Crippen molar-refractivity contribution in [1.82, 2.24) is 0 Å². The van der Waals surface area contributed by atoms with Gasteiger partial charge in [0.2, 0.25) is 0 Å². The highest BCUT2D eigenvalue weighted by Gasteiger charge is 2.39. The molecule has 1 N–H and O–H groups in total. The van der Waals surface area contributed by atoms with Crippen LogP contribution in [0.3, 0.4) is 0 Å². The molecule has 2 aromatic carbocycles. The van der Waals surface area contributed by atoms with E-state index in [2.05, 4.69) is 27.3 Å². The number of aryl methyl sites for hydroxylation is 1. The van der Waals surface area contributed by atoms with Gasteiger partial charge in [0.1, 0.15) is 5.82 Å². The topological polar surface area (TPSA) is 35.8 Å². The Kier molecular flexibility index (Phi) is 3.23. The van der Waals surface area contributed by atoms with E-state index in [1.165, 1.54) is 12.1 Å². The van der Waals surface area contributed by atoms with Crippen molar-refractivity contribution in [2.45, 2.75) is 18.4 Å². The Morgan fingerprint density at radius 1 is 1.20 bits per heavy atom. The van der Waals surface area contributed by atoms with Crippen LogP contribution in [0.2, 0.25) is 0 Å². The molecule has 0 saturated heterocycles. The summed E-state index contributed by atoms with van der Waals surface area (Å²) < 4.78 is 14.3. The summed E-state index contributed by atoms with van der Waals surface area (Å²) in [6, 6.07) is 14.7. The Balaban J connectivity index is 1.99. The second-order valence-corrected chi connectivity index (χ2v) is 5.87. The summed E-state index contributed by atoms with van der Waals surface area (Å²) in [4.78, 5) is 0. The Morgan fingerprint density at radius 3 is 2.65 bits per heavy atom. The van der Waals surface area contributed by atoms with E-state index < -0.39 is 5.54 Å². The average Bonchev–Trinajstić information content (AvgIpc) is 2.80. The van der Waals surface area contributed by atoms with E-state index in [1.807, 2.05) is 24.3 Å². The van der Waals surface area contributed by atoms with Gasteiger partial charge < -0.3 is 5.32 Å². The molecule has 0 radical (unpaired) electrons. The monoisotopic (exact) mass is 330 g/mol. The van der Waals surface area contributed by atoms with Crippen molar-refractivity contribution in [1.29, 1.82) is 5.26 Å². The zero-order valence-electron chi connectivity index (χ0n) is 10.7. The lowest BCUT2D eigenvalue weighted by Crippen LogP contribution is -2.31. The number of anilines is 1. The number of fused-ring (bicyclic) bond motifs is 1. The Bertz CT molecular complexity index is 691. The van der Waals surface area contributed by atoms with Gasteiger partial charge >= 0.3 is 0 Å². The molecular weight excluding hydrogens is 319 g/mol. The molecule has 4 heteroatoms. The summed E-state index contributed by atoms with van der Waals surface area (Å²) in [6.07, 6.45) is 1.36. The fourth-order valence-electron chi connectivity index (χ4n) is 2.70. The maximum Gasteiger partial charge on any atom is 0.151 e. The third-order valence-electron chi connectivity index (χ3n) is 3.69. The van der Waals surface area contributed by atoms with E-state index in [9.17, 15) is 9.65 Å². The molecule has 0 bridgehead atoms. The molecule has 2 nitrogen and oxygen atoms in total. The number of rotatable bonds is 2. The van der Waals surface area contributed by atoms with Crippen LogP contribution in [-0.4, -0.2) is 0 Å². The second kappa shape index (κ2) is 4.92. The highest BCUT2D eigenvalue weighted by Crippen LogP contribution is 2.39. The molecule has 0 saturated carbocycles. The molecule has 100 valence electrons. The quantitative estimate of drug-likeness (QED) is 0.887. The first-order valence-electron chi connectivity index (χ1n) is 6.37. The molecule has 0 aliphatic heterocycles. The lowest BCUT2D eigenvalue weighted by Gasteiger charge is -2.25. The SMILES string of the molecule is N#CC1(Nc2ccc(Br)cc2)CCc2cc(F)ccc21. The van der Waals surface area contributed by atoms with E-state index in [-0.39, 0.29) is 5.82 Å². The van der Waals surface area contributed by atoms with Crippen LogP contribution in [0.25, 0.3) is 0 Å². The number of hydrogen-bond acceptors (Lipinski definition) is 2. The maximum atomic E-state index is 13.3. The van der Waals surface area contributed by atoms with Crippen LogP contribution in [0.4, 0.5) is 10.1 Å². The van der Waals surface area contributed by atoms with Crippen molar-refractivity contribution in [3.05, 3.63) is 63.9 Å². The molecular formula is C16H12BrFN2. The average molecular weight is 331 g/mol. The van der Waals surface area contributed by atoms with Crippen molar-refractivity contribution in [2.75, 3.05) is 5.32 Å². The molecule has 0 fully saturated rings. The summed E-state index contributed by atoms with van der Waals surface area (Å²) in [5.41, 5.74) is 1.91. The van der Waals surface area contributed by atoms with Gasteiger partial charge in [-0.1, -0.05) is 22.0 Å². The van der Waals surface area contributed by atoms with Crippen LogP contribution in [0.1, 0.15) is 17.5 Å². The zero-order chi connectivity index (χ0) is 14.2. The van der Waals surface area contributed by atoms with Crippen molar-refractivity contribution in [3.8, 4) is 6.07 Å². The van der Waals surface area contributed by atoms with Crippen molar-refractivity contribution < 1.29 is 4.39 Å². The van der Waals surface area contributed by atoms with Crippen molar-refractivity contribution in [2.24, 2.45) is 0 Å². The summed E-state index contributed by atoms with van der Waals surface area (Å²) in [7, 11) is 0. The lowest BCUT2D eigenvalue weighted by atomic mass is 9.93. The fraction of sp³-hybridized carbons (Fsp3) is 0.188. The molecule has 0 amide bonds. The first-order chi connectivity index (χ1) is 9.63. The Morgan fingerprint density at radius 2 is 1.95 bits per heavy atom. The molecule has 1 atom stereocenters. The number of nitriles is 1. The fourth-order valence-corrected chi connectivity index (χ4v) is 2.96. The minimum atomic E-state index is -0.767. The highest BCUT2D eigenvalue weighted by molar-refractivity contribution is 9.10. The Labute approximate surface area is 125 Å². The number of nitrogens with zero attached hydrogens (tertiary/aromatic N) is 1. The van der Waals surface area contributed by atoms with Gasteiger partial charge in [-0.3, -0.25) is 0 Å². The van der Waals surface area contributed by atoms with Crippen LogP contribution in [-0.2, 0) is 12.0 Å². The van der Waals surface area contributed by atoms with Crippen LogP contribution >= 0.6 is 15.9 Å². The van der Waals surface area contributed by atoms with Crippen LogP contribution in [0.5, 0.6) is 0 Å². The van der Waals surface area contributed by atoms with E-state index in [0.717, 1.165) is 21.3 Å². The van der Waals surface area contributed by atoms with E-state index >= 15 is 0 Å². The molecule has 3 rings (SSSR count). The maximum absolute atomic E-state index is 13.3. The molecule has 0 spiro atoms. The van der Waals surface area contributed by atoms with Gasteiger partial charge in [-0.05, 0) is 60.4 Å². The normalized spacial score (nSPS) is 20.2. The second-order valence-electron chi connectivity index (χ2n) is 4.95. The minimum Gasteiger partial charge on any atom is -0.364 e. The first kappa shape index (κ1) is 13.1. The largest absolute Gasteiger partial charge is 0.364 e. The number of hydrogen-bond donors (Lipinski definition) is 1. The van der Waals surface area contributed by atoms with Gasteiger partial charge in [0.25, 0.3) is 0 Å². The van der Waals surface area contributed by atoms with Crippen LogP contribution in [0, 0.1) is 17.1 Å². The predicted molar refractivity (Wildman–Crippen MR) is 79.8 cm³/mol. The molecule has 1 aliphatic carbocycles. The molecule has 1 unspecified atom stereocenters. The van der Waals surface area contributed by atoms with Gasteiger partial charge in [0.15, 0.2) is 5.54 Å². The molecule has 20 heavy (non-hydrogen) atoms. The van der Waals surface area contributed by atoms with Gasteiger partial charge in [-0.2, -0.15) is 5.26 Å². The summed E-state index contributed by atoms with van der Waals surface area (Å²) >= 11 is 3.39. The number of nitrogens with one attached hydrogen (secondary N) is 1. The minimum absolute atomic E-state index is 0.249. The van der Waals surface area contributed by atoms with Crippen molar-refractivity contribution >= 4 is 21.6 Å². The number of benzene rings is 2. The van der Waals surface area contributed by atoms with Gasteiger partial charge in [-0.15, -0.1) is 0 Å². The predicted octanol–water partition coefficient (Wildman–Crippen LogP) is 4.37. The summed E-state index contributed by atoms with van der Waals surface area (Å²) in [5, 5.41) is 12.9. The number of halogens is 2. The summed E-state index contributed by atoms with van der Waals surface area (Å²) in [5.74, 6) is -0.249. The third-order valence-corrected chi connectivity index (χ3v) is 4.22.